The van der Waals surface area contributed by atoms with Crippen molar-refractivity contribution in [3.05, 3.63) is 122 Å². The summed E-state index contributed by atoms with van der Waals surface area (Å²) < 4.78 is 34.2. The van der Waals surface area contributed by atoms with Gasteiger partial charge in [-0.3, -0.25) is 13.8 Å². The first-order chi connectivity index (χ1) is 32.0. The summed E-state index contributed by atoms with van der Waals surface area (Å²) in [5.74, 6) is -0.532. The molecule has 6 unspecified atom stereocenters. The fraction of sp³-hybridized carbons (Fsp3) is 0.604. The summed E-state index contributed by atoms with van der Waals surface area (Å²) in [6, 6.07) is 0. The Kier molecular flexibility index (Phi) is 38.6. The molecule has 13 heteroatoms. The molecule has 12 nitrogen and oxygen atoms in total. The van der Waals surface area contributed by atoms with Crippen LogP contribution in [0.3, 0.4) is 0 Å². The van der Waals surface area contributed by atoms with Crippen LogP contribution in [0.4, 0.5) is 0 Å². The SMILES string of the molecule is CC/C=C\C/C=C\C/C=C\C/C=C\C/C=C\C/C=C\CCCCC(=O)OC(COCCCCCCC/C=C\C/C=C\C/C=C\C/C=C\CC)COP(=O)(O)OC1C(O)C(O)C(O)C(O)C1O. The van der Waals surface area contributed by atoms with Crippen molar-refractivity contribution in [2.45, 2.75) is 185 Å². The minimum atomic E-state index is -5.05. The van der Waals surface area contributed by atoms with E-state index in [4.69, 9.17) is 18.5 Å². The van der Waals surface area contributed by atoms with E-state index in [-0.39, 0.29) is 13.0 Å². The van der Waals surface area contributed by atoms with E-state index in [0.717, 1.165) is 116 Å². The predicted octanol–water partition coefficient (Wildman–Crippen LogP) is 10.6. The molecular formula is C53H85O12P. The normalized spacial score (nSPS) is 22.5. The summed E-state index contributed by atoms with van der Waals surface area (Å²) in [4.78, 5) is 23.2. The highest BCUT2D eigenvalue weighted by Crippen LogP contribution is 2.47. The van der Waals surface area contributed by atoms with Gasteiger partial charge in [0.1, 0.15) is 42.7 Å². The van der Waals surface area contributed by atoms with E-state index in [1.807, 2.05) is 0 Å². The Labute approximate surface area is 397 Å². The number of phosphoric ester groups is 1. The number of hydrogen-bond donors (Lipinski definition) is 6. The Morgan fingerprint density at radius 1 is 0.485 bits per heavy atom. The van der Waals surface area contributed by atoms with Crippen LogP contribution in [-0.2, 0) is 27.9 Å². The Bertz CT molecular complexity index is 1540. The van der Waals surface area contributed by atoms with Gasteiger partial charge >= 0.3 is 13.8 Å². The zero-order chi connectivity index (χ0) is 48.4. The van der Waals surface area contributed by atoms with Gasteiger partial charge in [-0.05, 0) is 103 Å². The predicted molar refractivity (Wildman–Crippen MR) is 266 cm³/mol. The van der Waals surface area contributed by atoms with Crippen LogP contribution in [0.15, 0.2) is 122 Å². The lowest BCUT2D eigenvalue weighted by Crippen LogP contribution is -2.64. The molecule has 0 bridgehead atoms. The van der Waals surface area contributed by atoms with Crippen LogP contribution in [0, 0.1) is 0 Å². The largest absolute Gasteiger partial charge is 0.472 e. The number of carbonyl (C=O) groups is 1. The summed E-state index contributed by atoms with van der Waals surface area (Å²) in [5.41, 5.74) is 0. The number of aliphatic hydroxyl groups is 5. The quantitative estimate of drug-likeness (QED) is 0.0148. The molecular weight excluding hydrogens is 860 g/mol. The molecule has 1 rings (SSSR count). The van der Waals surface area contributed by atoms with Crippen LogP contribution in [0.5, 0.6) is 0 Å². The standard InChI is InChI=1S/C53H85O12P/c1-3-5-7-9-11-13-15-17-19-21-23-24-25-26-28-30-32-34-36-38-40-42-47(54)64-46(45-63-66(60,61)65-53-51(58)49(56)48(55)50(57)52(53)59)44-62-43-41-39-37-35-33-31-29-27-22-20-18-16-14-12-10-8-6-4-2/h5-8,11-14,17-20,23-24,26-29,32,34,46,48-53,55-59H,3-4,9-10,15-16,21-22,25,30-31,33,35-45H2,1-2H3,(H,60,61)/b7-5-,8-6-,13-11-,14-12-,19-17-,20-18-,24-23-,28-26-,29-27-,34-32-. The summed E-state index contributed by atoms with van der Waals surface area (Å²) in [7, 11) is -5.05. The third-order valence-electron chi connectivity index (χ3n) is 10.3. The van der Waals surface area contributed by atoms with Gasteiger partial charge in [-0.15, -0.1) is 0 Å². The van der Waals surface area contributed by atoms with Crippen molar-refractivity contribution < 1.29 is 58.3 Å². The molecule has 0 amide bonds. The smallest absolute Gasteiger partial charge is 0.457 e. The Balaban J connectivity index is 2.44. The molecule has 1 saturated carbocycles. The summed E-state index contributed by atoms with van der Waals surface area (Å²) >= 11 is 0. The highest BCUT2D eigenvalue weighted by atomic mass is 31.2. The second kappa shape index (κ2) is 41.9. The summed E-state index contributed by atoms with van der Waals surface area (Å²) in [6.45, 7) is 3.92. The van der Waals surface area contributed by atoms with Crippen LogP contribution in [0.2, 0.25) is 0 Å². The number of carbonyl (C=O) groups excluding carboxylic acids is 1. The van der Waals surface area contributed by atoms with Crippen LogP contribution in [-0.4, -0.2) is 98.9 Å². The van der Waals surface area contributed by atoms with Gasteiger partial charge in [0.05, 0.1) is 13.2 Å². The minimum absolute atomic E-state index is 0.117. The lowest BCUT2D eigenvalue weighted by atomic mass is 9.85. The zero-order valence-corrected chi connectivity index (χ0v) is 40.8. The van der Waals surface area contributed by atoms with Crippen molar-refractivity contribution in [1.82, 2.24) is 0 Å². The number of aliphatic hydroxyl groups excluding tert-OH is 5. The fourth-order valence-corrected chi connectivity index (χ4v) is 7.50. The van der Waals surface area contributed by atoms with Crippen LogP contribution in [0.1, 0.15) is 142 Å². The van der Waals surface area contributed by atoms with Gasteiger partial charge in [0.15, 0.2) is 0 Å². The molecule has 0 aromatic carbocycles. The number of ether oxygens (including phenoxy) is 2. The number of phosphoric acid groups is 1. The van der Waals surface area contributed by atoms with Gasteiger partial charge in [-0.25, -0.2) is 4.57 Å². The molecule has 66 heavy (non-hydrogen) atoms. The van der Waals surface area contributed by atoms with Gasteiger partial charge < -0.3 is 39.9 Å². The zero-order valence-electron chi connectivity index (χ0n) is 39.9. The Morgan fingerprint density at radius 3 is 1.29 bits per heavy atom. The molecule has 1 aliphatic rings. The van der Waals surface area contributed by atoms with Crippen molar-refractivity contribution >= 4 is 13.8 Å². The molecule has 6 atom stereocenters. The van der Waals surface area contributed by atoms with Gasteiger partial charge in [0.25, 0.3) is 0 Å². The van der Waals surface area contributed by atoms with Crippen molar-refractivity contribution in [2.24, 2.45) is 0 Å². The fourth-order valence-electron chi connectivity index (χ4n) is 6.52. The van der Waals surface area contributed by atoms with Crippen molar-refractivity contribution in [2.75, 3.05) is 19.8 Å². The van der Waals surface area contributed by atoms with E-state index in [1.165, 1.54) is 0 Å². The number of unbranched alkanes of at least 4 members (excludes halogenated alkanes) is 7. The third kappa shape index (κ3) is 33.3. The first-order valence-electron chi connectivity index (χ1n) is 24.4. The maximum atomic E-state index is 12.8. The van der Waals surface area contributed by atoms with Crippen LogP contribution < -0.4 is 0 Å². The molecule has 0 aliphatic heterocycles. The van der Waals surface area contributed by atoms with E-state index in [0.29, 0.717) is 13.0 Å². The van der Waals surface area contributed by atoms with Crippen molar-refractivity contribution in [3.63, 3.8) is 0 Å². The van der Waals surface area contributed by atoms with E-state index >= 15 is 0 Å². The van der Waals surface area contributed by atoms with Crippen molar-refractivity contribution in [3.8, 4) is 0 Å². The minimum Gasteiger partial charge on any atom is -0.457 e. The number of rotatable bonds is 39. The highest BCUT2D eigenvalue weighted by Gasteiger charge is 2.51. The molecule has 0 heterocycles. The van der Waals surface area contributed by atoms with Gasteiger partial charge in [-0.2, -0.15) is 0 Å². The summed E-state index contributed by atoms with van der Waals surface area (Å²) in [5, 5.41) is 50.3. The molecule has 0 spiro atoms. The Hall–Kier alpha value is -3.26. The van der Waals surface area contributed by atoms with E-state index in [1.54, 1.807) is 0 Å². The molecule has 1 aliphatic carbocycles. The van der Waals surface area contributed by atoms with E-state index in [9.17, 15) is 39.8 Å². The van der Waals surface area contributed by atoms with Gasteiger partial charge in [0, 0.05) is 13.0 Å². The third-order valence-corrected chi connectivity index (χ3v) is 11.3. The van der Waals surface area contributed by atoms with Crippen molar-refractivity contribution in [1.29, 1.82) is 0 Å². The second-order valence-corrected chi connectivity index (χ2v) is 17.6. The van der Waals surface area contributed by atoms with Gasteiger partial charge in [0.2, 0.25) is 0 Å². The molecule has 0 radical (unpaired) electrons. The Morgan fingerprint density at radius 2 is 0.848 bits per heavy atom. The average molecular weight is 945 g/mol. The first kappa shape index (κ1) is 60.8. The number of esters is 1. The van der Waals surface area contributed by atoms with Crippen LogP contribution in [0.25, 0.3) is 0 Å². The lowest BCUT2D eigenvalue weighted by molar-refractivity contribution is -0.220. The second-order valence-electron chi connectivity index (χ2n) is 16.2. The molecule has 0 aromatic rings. The highest BCUT2D eigenvalue weighted by molar-refractivity contribution is 7.47. The van der Waals surface area contributed by atoms with E-state index in [2.05, 4.69) is 135 Å². The summed E-state index contributed by atoms with van der Waals surface area (Å²) in [6.07, 6.45) is 48.3. The average Bonchev–Trinajstić information content (AvgIpc) is 3.30. The molecule has 374 valence electrons. The molecule has 1 fully saturated rings. The molecule has 6 N–H and O–H groups in total. The van der Waals surface area contributed by atoms with Crippen LogP contribution >= 0.6 is 7.82 Å². The van der Waals surface area contributed by atoms with E-state index < -0.39 is 63.1 Å². The number of hydrogen-bond acceptors (Lipinski definition) is 11. The number of allylic oxidation sites excluding steroid dienone is 20. The maximum Gasteiger partial charge on any atom is 0.472 e. The molecule has 0 aromatic heterocycles. The van der Waals surface area contributed by atoms with Gasteiger partial charge in [-0.1, -0.05) is 155 Å². The monoisotopic (exact) mass is 945 g/mol. The topological polar surface area (TPSA) is 192 Å². The maximum absolute atomic E-state index is 12.8. The first-order valence-corrected chi connectivity index (χ1v) is 25.9. The molecule has 0 saturated heterocycles. The lowest BCUT2D eigenvalue weighted by Gasteiger charge is -2.41.